The zero-order chi connectivity index (χ0) is 23.4. The van der Waals surface area contributed by atoms with E-state index in [2.05, 4.69) is 15.3 Å². The van der Waals surface area contributed by atoms with E-state index in [0.29, 0.717) is 18.2 Å². The van der Waals surface area contributed by atoms with Crippen LogP contribution in [-0.2, 0) is 24.1 Å². The minimum absolute atomic E-state index is 0.0293. The molecule has 31 heavy (non-hydrogen) atoms. The number of hydrogen-bond acceptors (Lipinski definition) is 7. The summed E-state index contributed by atoms with van der Waals surface area (Å²) in [7, 11) is -3.29. The molecule has 1 amide bonds. The normalized spacial score (nSPS) is 26.4. The molecule has 0 aromatic heterocycles. The summed E-state index contributed by atoms with van der Waals surface area (Å²) in [5.41, 5.74) is 0.767. The molecule has 1 fully saturated rings. The smallest absolute Gasteiger partial charge is 0.289 e. The Morgan fingerprint density at radius 1 is 1.45 bits per heavy atom. The van der Waals surface area contributed by atoms with Gasteiger partial charge in [0, 0.05) is 41.5 Å². The molecule has 0 spiro atoms. The molecule has 3 rings (SSSR count). The highest BCUT2D eigenvalue weighted by atomic mass is 35.5. The molecule has 3 unspecified atom stereocenters. The Labute approximate surface area is 188 Å². The topological polar surface area (TPSA) is 106 Å². The van der Waals surface area contributed by atoms with Gasteiger partial charge in [-0.1, -0.05) is 35.9 Å². The average Bonchev–Trinajstić information content (AvgIpc) is 3.26. The Bertz CT molecular complexity index is 1040. The maximum atomic E-state index is 12.4. The molecule has 2 heterocycles. The van der Waals surface area contributed by atoms with E-state index in [9.17, 15) is 13.2 Å². The van der Waals surface area contributed by atoms with Crippen molar-refractivity contribution >= 4 is 39.4 Å². The first-order valence-electron chi connectivity index (χ1n) is 10.3. The van der Waals surface area contributed by atoms with Crippen LogP contribution in [0.5, 0.6) is 0 Å². The third kappa shape index (κ3) is 6.96. The van der Waals surface area contributed by atoms with Crippen molar-refractivity contribution < 1.29 is 24.1 Å². The number of hydrogen-bond donors (Lipinski definition) is 1. The van der Waals surface area contributed by atoms with Crippen LogP contribution in [0.25, 0.3) is 0 Å². The van der Waals surface area contributed by atoms with Gasteiger partial charge in [0.15, 0.2) is 9.84 Å². The van der Waals surface area contributed by atoms with Crippen LogP contribution in [0, 0.1) is 5.92 Å². The minimum atomic E-state index is -3.29. The molecule has 0 radical (unpaired) electrons. The molecule has 10 heteroatoms. The molecule has 0 aliphatic carbocycles. The molecule has 2 aliphatic rings. The van der Waals surface area contributed by atoms with Gasteiger partial charge in [0.2, 0.25) is 5.84 Å². The van der Waals surface area contributed by atoms with Crippen molar-refractivity contribution in [2.75, 3.05) is 26.0 Å². The van der Waals surface area contributed by atoms with E-state index in [1.807, 2.05) is 18.2 Å². The molecule has 1 aromatic rings. The number of amides is 1. The van der Waals surface area contributed by atoms with Crippen molar-refractivity contribution in [2.45, 2.75) is 31.6 Å². The lowest BCUT2D eigenvalue weighted by molar-refractivity contribution is -0.115. The van der Waals surface area contributed by atoms with Crippen LogP contribution in [0.4, 0.5) is 0 Å². The van der Waals surface area contributed by atoms with E-state index >= 15 is 0 Å². The van der Waals surface area contributed by atoms with Gasteiger partial charge < -0.3 is 14.8 Å². The summed E-state index contributed by atoms with van der Waals surface area (Å²) in [6.45, 7) is 2.62. The summed E-state index contributed by atoms with van der Waals surface area (Å²) in [6, 6.07) is 6.78. The molecule has 2 aliphatic heterocycles. The lowest BCUT2D eigenvalue weighted by Crippen LogP contribution is -2.38. The molecule has 1 aromatic carbocycles. The lowest BCUT2D eigenvalue weighted by atomic mass is 9.94. The van der Waals surface area contributed by atoms with E-state index in [1.165, 1.54) is 12.3 Å². The van der Waals surface area contributed by atoms with Crippen LogP contribution < -0.4 is 5.32 Å². The SMILES string of the molecule is [2H]C1(OC(c2ccccc2Cl)C2CCOC2)C=NC(C(=O)N[C@H](C)/C=C/S(C)(=O)=O)=NC1. The lowest BCUT2D eigenvalue weighted by Gasteiger charge is -2.28. The first kappa shape index (κ1) is 22.1. The highest BCUT2D eigenvalue weighted by Crippen LogP contribution is 2.36. The number of rotatable bonds is 8. The van der Waals surface area contributed by atoms with Gasteiger partial charge in [-0.15, -0.1) is 0 Å². The van der Waals surface area contributed by atoms with Gasteiger partial charge in [-0.2, -0.15) is 0 Å². The number of ether oxygens (including phenoxy) is 2. The summed E-state index contributed by atoms with van der Waals surface area (Å²) >= 11 is 6.39. The summed E-state index contributed by atoms with van der Waals surface area (Å²) in [4.78, 5) is 20.5. The zero-order valence-electron chi connectivity index (χ0n) is 18.3. The minimum Gasteiger partial charge on any atom is -0.381 e. The van der Waals surface area contributed by atoms with Crippen molar-refractivity contribution in [1.82, 2.24) is 5.32 Å². The third-order valence-electron chi connectivity index (χ3n) is 4.77. The van der Waals surface area contributed by atoms with Gasteiger partial charge in [-0.05, 0) is 25.0 Å². The molecule has 1 saturated heterocycles. The Morgan fingerprint density at radius 3 is 2.84 bits per heavy atom. The summed E-state index contributed by atoms with van der Waals surface area (Å²) in [5.74, 6) is -0.642. The highest BCUT2D eigenvalue weighted by Gasteiger charge is 2.32. The van der Waals surface area contributed by atoms with Crippen molar-refractivity contribution in [3.63, 3.8) is 0 Å². The zero-order valence-corrected chi connectivity index (χ0v) is 18.9. The predicted molar refractivity (Wildman–Crippen MR) is 120 cm³/mol. The standard InChI is InChI=1S/C21H26ClN3O5S/c1-14(8-10-31(2,27)28)25-21(26)20-23-11-16(12-24-20)30-19(15-7-9-29-13-15)17-5-3-4-6-18(17)22/h3-6,8,10-11,14-16,19H,7,9,12-13H2,1-2H3,(H,25,26)/b10-8+/t14-,15?,16?,19?/m1/s1/i16D. The van der Waals surface area contributed by atoms with E-state index in [0.717, 1.165) is 23.6 Å². The van der Waals surface area contributed by atoms with Crippen molar-refractivity contribution in [3.05, 3.63) is 46.3 Å². The predicted octanol–water partition coefficient (Wildman–Crippen LogP) is 2.35. The van der Waals surface area contributed by atoms with Crippen molar-refractivity contribution in [3.8, 4) is 0 Å². The quantitative estimate of drug-likeness (QED) is 0.630. The average molecular weight is 469 g/mol. The van der Waals surface area contributed by atoms with Gasteiger partial charge in [0.25, 0.3) is 5.91 Å². The fourth-order valence-corrected chi connectivity index (χ4v) is 3.98. The molecule has 8 nitrogen and oxygen atoms in total. The maximum absolute atomic E-state index is 12.4. The largest absolute Gasteiger partial charge is 0.381 e. The summed E-state index contributed by atoms with van der Waals surface area (Å²) in [5, 5.41) is 4.16. The van der Waals surface area contributed by atoms with Gasteiger partial charge >= 0.3 is 0 Å². The van der Waals surface area contributed by atoms with Gasteiger partial charge in [-0.3, -0.25) is 9.79 Å². The summed E-state index contributed by atoms with van der Waals surface area (Å²) in [6.07, 6.45) is 2.40. The van der Waals surface area contributed by atoms with Crippen LogP contribution in [0.15, 0.2) is 45.7 Å². The van der Waals surface area contributed by atoms with Gasteiger partial charge in [-0.25, -0.2) is 13.4 Å². The second-order valence-electron chi connectivity index (χ2n) is 7.47. The first-order chi connectivity index (χ1) is 15.1. The van der Waals surface area contributed by atoms with Crippen molar-refractivity contribution in [2.24, 2.45) is 15.9 Å². The van der Waals surface area contributed by atoms with Crippen LogP contribution >= 0.6 is 11.6 Å². The number of carbonyl (C=O) groups excluding carboxylic acids is 1. The molecular formula is C21H26ClN3O5S. The van der Waals surface area contributed by atoms with E-state index in [4.69, 9.17) is 22.4 Å². The van der Waals surface area contributed by atoms with Crippen LogP contribution in [0.2, 0.25) is 5.02 Å². The fourth-order valence-electron chi connectivity index (χ4n) is 3.22. The molecule has 0 bridgehead atoms. The number of amidine groups is 1. The van der Waals surface area contributed by atoms with Crippen LogP contribution in [0.3, 0.4) is 0 Å². The molecule has 168 valence electrons. The number of sulfone groups is 1. The third-order valence-corrected chi connectivity index (χ3v) is 5.77. The Hall–Kier alpha value is -2.07. The number of nitrogens with zero attached hydrogens (tertiary/aromatic N) is 2. The van der Waals surface area contributed by atoms with Crippen LogP contribution in [0.1, 0.15) is 26.4 Å². The Morgan fingerprint density at radius 2 is 2.23 bits per heavy atom. The van der Waals surface area contributed by atoms with Gasteiger partial charge in [0.1, 0.15) is 6.08 Å². The summed E-state index contributed by atoms with van der Waals surface area (Å²) < 4.78 is 42.7. The van der Waals surface area contributed by atoms with E-state index < -0.39 is 34.0 Å². The second kappa shape index (κ2) is 10.5. The van der Waals surface area contributed by atoms with E-state index in [-0.39, 0.29) is 18.3 Å². The number of benzene rings is 1. The number of nitrogens with one attached hydrogen (secondary N) is 1. The Kier molecular flexibility index (Phi) is 7.49. The number of carbonyl (C=O) groups is 1. The van der Waals surface area contributed by atoms with E-state index in [1.54, 1.807) is 13.0 Å². The first-order valence-corrected chi connectivity index (χ1v) is 12.2. The maximum Gasteiger partial charge on any atom is 0.289 e. The monoisotopic (exact) mass is 468 g/mol. The second-order valence-corrected chi connectivity index (χ2v) is 9.81. The number of halogens is 1. The molecule has 1 N–H and O–H groups in total. The van der Waals surface area contributed by atoms with Crippen LogP contribution in [-0.4, -0.2) is 64.5 Å². The molecular weight excluding hydrogens is 442 g/mol. The highest BCUT2D eigenvalue weighted by molar-refractivity contribution is 7.93. The molecule has 4 atom stereocenters. The van der Waals surface area contributed by atoms with Crippen molar-refractivity contribution in [1.29, 1.82) is 0 Å². The number of aliphatic imine (C=N–C) groups is 2. The Balaban J connectivity index is 1.68. The van der Waals surface area contributed by atoms with Gasteiger partial charge in [0.05, 0.1) is 20.6 Å². The molecule has 0 saturated carbocycles. The fraction of sp³-hybridized carbons (Fsp3) is 0.476.